The van der Waals surface area contributed by atoms with Crippen molar-refractivity contribution < 1.29 is 9.13 Å². The molecule has 0 rings (SSSR count). The summed E-state index contributed by atoms with van der Waals surface area (Å²) in [5.41, 5.74) is 0. The Labute approximate surface area is 57.8 Å². The normalized spacial score (nSPS) is 13.3. The van der Waals surface area contributed by atoms with E-state index in [9.17, 15) is 4.39 Å². The van der Waals surface area contributed by atoms with E-state index in [4.69, 9.17) is 4.74 Å². The van der Waals surface area contributed by atoms with E-state index < -0.39 is 0 Å². The summed E-state index contributed by atoms with van der Waals surface area (Å²) in [6, 6.07) is 0. The van der Waals surface area contributed by atoms with Gasteiger partial charge in [-0.2, -0.15) is 0 Å². The standard InChI is InChI=1S/C6H14FOP/c1-6(2,9-3)8-5-4-7/h9H,4-5H2,1-3H3. The van der Waals surface area contributed by atoms with E-state index in [0.29, 0.717) is 8.58 Å². The molecule has 0 fully saturated rings. The first-order valence-corrected chi connectivity index (χ1v) is 4.51. The Morgan fingerprint density at radius 3 is 2.44 bits per heavy atom. The van der Waals surface area contributed by atoms with Crippen LogP contribution in [0.2, 0.25) is 0 Å². The van der Waals surface area contributed by atoms with Crippen LogP contribution in [0.4, 0.5) is 4.39 Å². The molecule has 3 heteroatoms. The molecule has 1 unspecified atom stereocenters. The largest absolute Gasteiger partial charge is 0.369 e. The Morgan fingerprint density at radius 2 is 2.11 bits per heavy atom. The number of hydrogen-bond donors (Lipinski definition) is 0. The van der Waals surface area contributed by atoms with Gasteiger partial charge in [0.25, 0.3) is 0 Å². The fraction of sp³-hybridized carbons (Fsp3) is 1.00. The van der Waals surface area contributed by atoms with Crippen molar-refractivity contribution in [2.45, 2.75) is 19.2 Å². The molecule has 0 amide bonds. The highest BCUT2D eigenvalue weighted by Gasteiger charge is 2.13. The summed E-state index contributed by atoms with van der Waals surface area (Å²) < 4.78 is 16.7. The Morgan fingerprint density at radius 1 is 1.56 bits per heavy atom. The number of alkyl halides is 1. The summed E-state index contributed by atoms with van der Waals surface area (Å²) in [6.45, 7) is 5.85. The molecule has 0 N–H and O–H groups in total. The predicted molar refractivity (Wildman–Crippen MR) is 40.2 cm³/mol. The molecule has 0 bridgehead atoms. The molecule has 1 atom stereocenters. The zero-order valence-electron chi connectivity index (χ0n) is 6.20. The van der Waals surface area contributed by atoms with Gasteiger partial charge in [0.15, 0.2) is 0 Å². The Bertz CT molecular complexity index is 75.5. The summed E-state index contributed by atoms with van der Waals surface area (Å²) in [6.07, 6.45) is 0. The van der Waals surface area contributed by atoms with Crippen LogP contribution in [0, 0.1) is 0 Å². The van der Waals surface area contributed by atoms with Crippen LogP contribution in [0.5, 0.6) is 0 Å². The number of ether oxygens (including phenoxy) is 1. The highest BCUT2D eigenvalue weighted by molar-refractivity contribution is 7.38. The molecule has 0 aliphatic heterocycles. The van der Waals surface area contributed by atoms with Gasteiger partial charge in [0.2, 0.25) is 0 Å². The summed E-state index contributed by atoms with van der Waals surface area (Å²) in [4.78, 5) is 0. The van der Waals surface area contributed by atoms with Crippen LogP contribution in [-0.2, 0) is 4.74 Å². The molecule has 0 saturated heterocycles. The third-order valence-electron chi connectivity index (χ3n) is 1.14. The van der Waals surface area contributed by atoms with Crippen LogP contribution in [-0.4, -0.2) is 25.3 Å². The molecular weight excluding hydrogens is 138 g/mol. The third-order valence-corrected chi connectivity index (χ3v) is 2.49. The molecule has 0 aromatic heterocycles. The monoisotopic (exact) mass is 152 g/mol. The summed E-state index contributed by atoms with van der Waals surface area (Å²) in [7, 11) is 0.705. The van der Waals surface area contributed by atoms with E-state index in [1.165, 1.54) is 0 Å². The third kappa shape index (κ3) is 4.80. The van der Waals surface area contributed by atoms with E-state index >= 15 is 0 Å². The maximum absolute atomic E-state index is 11.5. The van der Waals surface area contributed by atoms with Gasteiger partial charge in [0, 0.05) is 0 Å². The van der Waals surface area contributed by atoms with Crippen LogP contribution >= 0.6 is 8.58 Å². The van der Waals surface area contributed by atoms with Crippen LogP contribution in [0.1, 0.15) is 13.8 Å². The maximum atomic E-state index is 11.5. The Balaban J connectivity index is 3.33. The number of halogens is 1. The van der Waals surface area contributed by atoms with E-state index in [2.05, 4.69) is 6.66 Å². The molecule has 0 saturated carbocycles. The lowest BCUT2D eigenvalue weighted by atomic mass is 10.5. The van der Waals surface area contributed by atoms with Crippen molar-refractivity contribution in [2.75, 3.05) is 19.9 Å². The summed E-state index contributed by atoms with van der Waals surface area (Å²) >= 11 is 0. The first-order chi connectivity index (χ1) is 4.12. The fourth-order valence-corrected chi connectivity index (χ4v) is 0.612. The van der Waals surface area contributed by atoms with Crippen LogP contribution in [0.3, 0.4) is 0 Å². The van der Waals surface area contributed by atoms with Crippen LogP contribution < -0.4 is 0 Å². The van der Waals surface area contributed by atoms with Crippen molar-refractivity contribution in [3.8, 4) is 0 Å². The van der Waals surface area contributed by atoms with Gasteiger partial charge in [-0.15, -0.1) is 0 Å². The van der Waals surface area contributed by atoms with Gasteiger partial charge in [-0.25, -0.2) is 4.39 Å². The smallest absolute Gasteiger partial charge is 0.113 e. The van der Waals surface area contributed by atoms with Gasteiger partial charge in [-0.1, -0.05) is 8.58 Å². The molecule has 0 aromatic carbocycles. The lowest BCUT2D eigenvalue weighted by Crippen LogP contribution is -2.18. The van der Waals surface area contributed by atoms with Crippen molar-refractivity contribution in [3.63, 3.8) is 0 Å². The van der Waals surface area contributed by atoms with E-state index in [-0.39, 0.29) is 18.6 Å². The van der Waals surface area contributed by atoms with Crippen LogP contribution in [0.25, 0.3) is 0 Å². The second-order valence-electron chi connectivity index (χ2n) is 2.30. The van der Waals surface area contributed by atoms with Gasteiger partial charge in [-0.3, -0.25) is 0 Å². The van der Waals surface area contributed by atoms with E-state index in [0.717, 1.165) is 0 Å². The van der Waals surface area contributed by atoms with Crippen LogP contribution in [0.15, 0.2) is 0 Å². The quantitative estimate of drug-likeness (QED) is 0.560. The SMILES string of the molecule is CPC(C)(C)OCCF. The van der Waals surface area contributed by atoms with Gasteiger partial charge in [-0.05, 0) is 20.5 Å². The molecule has 0 aliphatic carbocycles. The molecule has 0 aromatic rings. The molecule has 0 aliphatic rings. The lowest BCUT2D eigenvalue weighted by Gasteiger charge is -2.22. The minimum atomic E-state index is -0.381. The maximum Gasteiger partial charge on any atom is 0.113 e. The zero-order chi connectivity index (χ0) is 7.33. The van der Waals surface area contributed by atoms with Crippen molar-refractivity contribution in [1.82, 2.24) is 0 Å². The van der Waals surface area contributed by atoms with Crippen molar-refractivity contribution in [3.05, 3.63) is 0 Å². The van der Waals surface area contributed by atoms with Gasteiger partial charge >= 0.3 is 0 Å². The second kappa shape index (κ2) is 4.19. The minimum absolute atomic E-state index is 0.119. The van der Waals surface area contributed by atoms with Gasteiger partial charge in [0.1, 0.15) is 6.67 Å². The number of rotatable bonds is 4. The van der Waals surface area contributed by atoms with Gasteiger partial charge in [0.05, 0.1) is 11.9 Å². The van der Waals surface area contributed by atoms with E-state index in [1.54, 1.807) is 0 Å². The predicted octanol–water partition coefficient (Wildman–Crippen LogP) is 2.02. The molecule has 1 nitrogen and oxygen atoms in total. The highest BCUT2D eigenvalue weighted by atomic mass is 31.1. The average molecular weight is 152 g/mol. The first kappa shape index (κ1) is 9.32. The zero-order valence-corrected chi connectivity index (χ0v) is 7.20. The summed E-state index contributed by atoms with van der Waals surface area (Å²) in [5, 5.41) is -0.119. The Hall–Kier alpha value is 0.320. The van der Waals surface area contributed by atoms with Gasteiger partial charge < -0.3 is 4.74 Å². The van der Waals surface area contributed by atoms with Crippen molar-refractivity contribution in [2.24, 2.45) is 0 Å². The molecular formula is C6H14FOP. The molecule has 0 radical (unpaired) electrons. The minimum Gasteiger partial charge on any atom is -0.369 e. The van der Waals surface area contributed by atoms with Crippen molar-refractivity contribution in [1.29, 1.82) is 0 Å². The second-order valence-corrected chi connectivity index (χ2v) is 4.00. The number of hydrogen-bond acceptors (Lipinski definition) is 1. The van der Waals surface area contributed by atoms with Crippen molar-refractivity contribution >= 4 is 8.58 Å². The fourth-order valence-electron chi connectivity index (χ4n) is 0.366. The average Bonchev–Trinajstić information content (AvgIpc) is 1.84. The molecule has 0 heterocycles. The molecule has 9 heavy (non-hydrogen) atoms. The topological polar surface area (TPSA) is 9.23 Å². The first-order valence-electron chi connectivity index (χ1n) is 3.01. The highest BCUT2D eigenvalue weighted by Crippen LogP contribution is 2.28. The lowest BCUT2D eigenvalue weighted by molar-refractivity contribution is 0.0411. The molecule has 56 valence electrons. The molecule has 0 spiro atoms. The van der Waals surface area contributed by atoms with E-state index in [1.807, 2.05) is 13.8 Å². The summed E-state index contributed by atoms with van der Waals surface area (Å²) in [5.74, 6) is 0. The Kier molecular flexibility index (Phi) is 4.33.